The predicted octanol–water partition coefficient (Wildman–Crippen LogP) is 10.1. The third-order valence-corrected chi connectivity index (χ3v) is 12.8. The molecule has 2 aliphatic rings. The molecule has 0 radical (unpaired) electrons. The fraction of sp³-hybridized carbons (Fsp3) is 0.234. The quantitative estimate of drug-likeness (QED) is 0.0489. The first-order valence-electron chi connectivity index (χ1n) is 19.4. The molecular weight excluding hydrogens is 763 g/mol. The number of ether oxygens (including phenoxy) is 4. The van der Waals surface area contributed by atoms with Gasteiger partial charge in [-0.25, -0.2) is 0 Å². The van der Waals surface area contributed by atoms with Gasteiger partial charge in [0.1, 0.15) is 34.9 Å². The predicted molar refractivity (Wildman–Crippen MR) is 223 cm³/mol. The van der Waals surface area contributed by atoms with E-state index in [-0.39, 0.29) is 6.61 Å². The lowest BCUT2D eigenvalue weighted by Gasteiger charge is -2.43. The number of hydrogen-bond acceptors (Lipinski definition) is 9. The molecule has 0 amide bonds. The highest BCUT2D eigenvalue weighted by molar-refractivity contribution is 6.54. The first-order valence-corrected chi connectivity index (χ1v) is 21.0. The van der Waals surface area contributed by atoms with Crippen molar-refractivity contribution in [3.05, 3.63) is 214 Å². The van der Waals surface area contributed by atoms with Crippen LogP contribution in [0.2, 0.25) is 0 Å². The Morgan fingerprint density at radius 3 is 1.44 bits per heavy atom. The number of para-hydroxylation sites is 2. The molecule has 300 valence electrons. The van der Waals surface area contributed by atoms with Crippen molar-refractivity contribution in [2.45, 2.75) is 55.9 Å². The minimum atomic E-state index is -4.92. The Morgan fingerprint density at radius 1 is 0.593 bits per heavy atom. The molecule has 0 saturated carbocycles. The average Bonchev–Trinajstić information content (AvgIpc) is 3.58. The van der Waals surface area contributed by atoms with Gasteiger partial charge in [-0.3, -0.25) is 0 Å². The molecule has 2 aliphatic heterocycles. The molecule has 2 heterocycles. The minimum Gasteiger partial charge on any atom is -0.496 e. The van der Waals surface area contributed by atoms with Crippen LogP contribution in [0.25, 0.3) is 10.4 Å². The SMILES string of the molecule is COc1ccccc1CO[Si]1(OC(N=[N+]=[N-])c2ccccc2OC)OC(c2ccccc2)(c2ccccc2)[C@@H]2OC(C)(C)O[C@H]2C(c2ccccc2)(c2ccccc2)O1. The van der Waals surface area contributed by atoms with Crippen molar-refractivity contribution in [2.75, 3.05) is 14.2 Å². The summed E-state index contributed by atoms with van der Waals surface area (Å²) in [4.78, 5) is 3.27. The third kappa shape index (κ3) is 7.53. The normalized spacial score (nSPS) is 20.3. The summed E-state index contributed by atoms with van der Waals surface area (Å²) >= 11 is 0. The van der Waals surface area contributed by atoms with E-state index in [0.29, 0.717) is 22.6 Å². The maximum atomic E-state index is 10.2. The van der Waals surface area contributed by atoms with E-state index >= 15 is 0 Å². The highest BCUT2D eigenvalue weighted by Gasteiger charge is 2.73. The molecular formula is C47H45N3O8Si. The number of fused-ring (bicyclic) bond motifs is 1. The van der Waals surface area contributed by atoms with Crippen LogP contribution in [-0.2, 0) is 45.0 Å². The number of benzene rings is 6. The van der Waals surface area contributed by atoms with Crippen molar-refractivity contribution in [1.82, 2.24) is 0 Å². The van der Waals surface area contributed by atoms with Crippen LogP contribution in [0.5, 0.6) is 11.5 Å². The van der Waals surface area contributed by atoms with Crippen molar-refractivity contribution in [1.29, 1.82) is 0 Å². The lowest BCUT2D eigenvalue weighted by molar-refractivity contribution is -0.200. The van der Waals surface area contributed by atoms with Crippen molar-refractivity contribution < 1.29 is 36.7 Å². The Bertz CT molecular complexity index is 2200. The van der Waals surface area contributed by atoms with Gasteiger partial charge < -0.3 is 36.7 Å². The number of rotatable bonds is 13. The van der Waals surface area contributed by atoms with E-state index in [4.69, 9.17) is 36.7 Å². The summed E-state index contributed by atoms with van der Waals surface area (Å²) in [5, 5.41) is 4.23. The second kappa shape index (κ2) is 16.8. The van der Waals surface area contributed by atoms with Crippen LogP contribution in [0.15, 0.2) is 175 Å². The van der Waals surface area contributed by atoms with E-state index in [0.717, 1.165) is 22.3 Å². The lowest BCUT2D eigenvalue weighted by atomic mass is 9.72. The van der Waals surface area contributed by atoms with Gasteiger partial charge in [0.15, 0.2) is 12.0 Å². The zero-order valence-corrected chi connectivity index (χ0v) is 34.2. The van der Waals surface area contributed by atoms with Crippen LogP contribution in [0.1, 0.15) is 53.5 Å². The maximum absolute atomic E-state index is 10.2. The summed E-state index contributed by atoms with van der Waals surface area (Å²) in [5.41, 5.74) is 11.1. The second-order valence-electron chi connectivity index (χ2n) is 14.6. The van der Waals surface area contributed by atoms with Crippen LogP contribution < -0.4 is 9.47 Å². The van der Waals surface area contributed by atoms with Gasteiger partial charge in [0.05, 0.1) is 20.8 Å². The first kappa shape index (κ1) is 40.0. The van der Waals surface area contributed by atoms with E-state index in [2.05, 4.69) is 10.0 Å². The second-order valence-corrected chi connectivity index (χ2v) is 16.6. The monoisotopic (exact) mass is 807 g/mol. The van der Waals surface area contributed by atoms with Crippen molar-refractivity contribution >= 4 is 9.05 Å². The van der Waals surface area contributed by atoms with Crippen LogP contribution in [0.3, 0.4) is 0 Å². The van der Waals surface area contributed by atoms with Gasteiger partial charge >= 0.3 is 9.05 Å². The summed E-state index contributed by atoms with van der Waals surface area (Å²) in [6.07, 6.45) is -3.20. The van der Waals surface area contributed by atoms with Crippen LogP contribution in [0, 0.1) is 0 Å². The molecule has 6 aromatic carbocycles. The Morgan fingerprint density at radius 2 is 1.00 bits per heavy atom. The molecule has 0 aromatic heterocycles. The largest absolute Gasteiger partial charge is 0.682 e. The Labute approximate surface area is 345 Å². The van der Waals surface area contributed by atoms with Gasteiger partial charge in [0.2, 0.25) is 0 Å². The molecule has 59 heavy (non-hydrogen) atoms. The van der Waals surface area contributed by atoms with Gasteiger partial charge in [0, 0.05) is 16.0 Å². The Kier molecular flexibility index (Phi) is 11.4. The average molecular weight is 808 g/mol. The number of azide groups is 1. The summed E-state index contributed by atoms with van der Waals surface area (Å²) in [7, 11) is -1.78. The van der Waals surface area contributed by atoms with Crippen LogP contribution >= 0.6 is 0 Å². The molecule has 2 fully saturated rings. The van der Waals surface area contributed by atoms with Gasteiger partial charge in [-0.15, -0.1) is 0 Å². The van der Waals surface area contributed by atoms with Crippen molar-refractivity contribution in [2.24, 2.45) is 5.11 Å². The molecule has 8 rings (SSSR count). The van der Waals surface area contributed by atoms with E-state index in [1.54, 1.807) is 26.4 Å². The van der Waals surface area contributed by atoms with E-state index in [1.165, 1.54) is 0 Å². The molecule has 0 spiro atoms. The summed E-state index contributed by atoms with van der Waals surface area (Å²) in [6.45, 7) is 3.69. The van der Waals surface area contributed by atoms with Gasteiger partial charge in [-0.2, -0.15) is 0 Å². The zero-order valence-electron chi connectivity index (χ0n) is 33.2. The lowest BCUT2D eigenvalue weighted by Crippen LogP contribution is -2.58. The van der Waals surface area contributed by atoms with Crippen molar-refractivity contribution in [3.63, 3.8) is 0 Å². The fourth-order valence-electron chi connectivity index (χ4n) is 8.19. The van der Waals surface area contributed by atoms with Gasteiger partial charge in [0.25, 0.3) is 0 Å². The molecule has 11 nitrogen and oxygen atoms in total. The van der Waals surface area contributed by atoms with E-state index in [1.807, 2.05) is 172 Å². The topological polar surface area (TPSA) is 123 Å². The summed E-state index contributed by atoms with van der Waals surface area (Å²) in [6, 6.07) is 54.0. The molecule has 0 bridgehead atoms. The standard InChI is InChI=1S/C47H45N3O8Si/c1-45(2)54-42-43(55-45)47(37-26-13-7-14-27-37,38-28-15-8-16-29-38)58-59(53-33-34-21-17-19-31-40(34)51-3,56-44(49-50-48)39-30-18-20-32-41(39)52-4)57-46(42,35-22-9-5-10-23-35)36-24-11-6-12-25-36/h5-32,42-44H,33H2,1-4H3/t42-,43-,44?/m1/s1. The summed E-state index contributed by atoms with van der Waals surface area (Å²) in [5.74, 6) is -0.119. The number of hydrogen-bond donors (Lipinski definition) is 0. The highest BCUT2D eigenvalue weighted by Crippen LogP contribution is 2.58. The molecule has 2 saturated heterocycles. The summed E-state index contributed by atoms with van der Waals surface area (Å²) < 4.78 is 56.1. The molecule has 6 aromatic rings. The smallest absolute Gasteiger partial charge is 0.496 e. The zero-order chi connectivity index (χ0) is 40.9. The van der Waals surface area contributed by atoms with E-state index in [9.17, 15) is 5.53 Å². The molecule has 1 unspecified atom stereocenters. The number of methoxy groups -OCH3 is 2. The molecule has 3 atom stereocenters. The maximum Gasteiger partial charge on any atom is 0.682 e. The molecule has 0 aliphatic carbocycles. The highest BCUT2D eigenvalue weighted by atomic mass is 28.4. The van der Waals surface area contributed by atoms with Crippen molar-refractivity contribution in [3.8, 4) is 11.5 Å². The Hall–Kier alpha value is -5.79. The molecule has 0 N–H and O–H groups in total. The van der Waals surface area contributed by atoms with Crippen LogP contribution in [0.4, 0.5) is 0 Å². The minimum absolute atomic E-state index is 0.0903. The van der Waals surface area contributed by atoms with Gasteiger partial charge in [-0.05, 0) is 53.8 Å². The molecule has 12 heteroatoms. The number of nitrogens with zero attached hydrogens (tertiary/aromatic N) is 3. The van der Waals surface area contributed by atoms with E-state index < -0.39 is 44.5 Å². The fourth-order valence-corrected chi connectivity index (χ4v) is 10.8. The first-order chi connectivity index (χ1) is 28.8. The van der Waals surface area contributed by atoms with Gasteiger partial charge in [-0.1, -0.05) is 163 Å². The third-order valence-electron chi connectivity index (χ3n) is 10.7. The Balaban J connectivity index is 1.50. The van der Waals surface area contributed by atoms with Crippen LogP contribution in [-0.4, -0.2) is 41.3 Å².